The highest BCUT2D eigenvalue weighted by Gasteiger charge is 2.28. The van der Waals surface area contributed by atoms with E-state index in [0.29, 0.717) is 17.8 Å². The van der Waals surface area contributed by atoms with Crippen LogP contribution in [0.1, 0.15) is 46.5 Å². The fourth-order valence-corrected chi connectivity index (χ4v) is 2.13. The van der Waals surface area contributed by atoms with E-state index in [9.17, 15) is 4.39 Å². The molecule has 0 bridgehead atoms. The molecule has 1 rings (SSSR count). The molecule has 1 fully saturated rings. The molecule has 0 N–H and O–H groups in total. The van der Waals surface area contributed by atoms with E-state index in [2.05, 4.69) is 20.8 Å². The third-order valence-corrected chi connectivity index (χ3v) is 2.92. The normalized spacial score (nSPS) is 34.5. The van der Waals surface area contributed by atoms with Crippen LogP contribution >= 0.6 is 11.6 Å². The van der Waals surface area contributed by atoms with E-state index in [4.69, 9.17) is 16.3 Å². The Morgan fingerprint density at radius 2 is 2.00 bits per heavy atom. The molecule has 1 aliphatic rings. The van der Waals surface area contributed by atoms with Crippen LogP contribution in [0.2, 0.25) is 0 Å². The average molecular weight is 223 g/mol. The van der Waals surface area contributed by atoms with Crippen LogP contribution in [0.5, 0.6) is 0 Å². The van der Waals surface area contributed by atoms with Gasteiger partial charge in [-0.15, -0.1) is 0 Å². The lowest BCUT2D eigenvalue weighted by molar-refractivity contribution is -0.106. The van der Waals surface area contributed by atoms with Gasteiger partial charge >= 0.3 is 0 Å². The summed E-state index contributed by atoms with van der Waals surface area (Å²) in [5.74, 6) is 0.389. The molecule has 1 aliphatic heterocycles. The van der Waals surface area contributed by atoms with Crippen molar-refractivity contribution in [2.45, 2.75) is 58.4 Å². The predicted octanol–water partition coefficient (Wildman–Crippen LogP) is 4.10. The van der Waals surface area contributed by atoms with Crippen molar-refractivity contribution >= 4 is 11.6 Å². The number of rotatable bonds is 2. The summed E-state index contributed by atoms with van der Waals surface area (Å²) in [6.07, 6.45) is 2.32. The zero-order chi connectivity index (χ0) is 10.8. The van der Waals surface area contributed by atoms with Gasteiger partial charge in [0.2, 0.25) is 6.36 Å². The Kier molecular flexibility index (Phi) is 4.20. The topological polar surface area (TPSA) is 9.23 Å². The van der Waals surface area contributed by atoms with E-state index in [1.807, 2.05) is 0 Å². The van der Waals surface area contributed by atoms with Crippen molar-refractivity contribution in [3.05, 3.63) is 0 Å². The molecule has 1 heterocycles. The molecule has 3 heteroatoms. The van der Waals surface area contributed by atoms with E-state index < -0.39 is 11.9 Å². The molecule has 0 aromatic heterocycles. The zero-order valence-electron chi connectivity index (χ0n) is 9.22. The average Bonchev–Trinajstić information content (AvgIpc) is 1.97. The molecule has 84 valence electrons. The molecule has 14 heavy (non-hydrogen) atoms. The van der Waals surface area contributed by atoms with Gasteiger partial charge in [0.25, 0.3) is 0 Å². The van der Waals surface area contributed by atoms with Gasteiger partial charge in [-0.3, -0.25) is 0 Å². The molecule has 0 radical (unpaired) electrons. The van der Waals surface area contributed by atoms with Crippen LogP contribution in [-0.2, 0) is 4.74 Å². The van der Waals surface area contributed by atoms with Gasteiger partial charge in [-0.2, -0.15) is 0 Å². The lowest BCUT2D eigenvalue weighted by Crippen LogP contribution is -2.27. The lowest BCUT2D eigenvalue weighted by Gasteiger charge is -2.30. The summed E-state index contributed by atoms with van der Waals surface area (Å²) >= 11 is 5.79. The van der Waals surface area contributed by atoms with E-state index in [1.165, 1.54) is 0 Å². The third kappa shape index (κ3) is 4.61. The van der Waals surface area contributed by atoms with Crippen molar-refractivity contribution in [3.63, 3.8) is 0 Å². The van der Waals surface area contributed by atoms with Crippen molar-refractivity contribution in [3.8, 4) is 0 Å². The maximum Gasteiger partial charge on any atom is 0.200 e. The molecule has 0 amide bonds. The van der Waals surface area contributed by atoms with Crippen LogP contribution in [0, 0.1) is 11.3 Å². The minimum absolute atomic E-state index is 0.325. The second-order valence-electron chi connectivity index (χ2n) is 5.39. The molecule has 0 aromatic carbocycles. The molecule has 3 unspecified atom stereocenters. The lowest BCUT2D eigenvalue weighted by atomic mass is 9.84. The number of halogens is 2. The smallest absolute Gasteiger partial charge is 0.200 e. The number of alkyl halides is 2. The fourth-order valence-electron chi connectivity index (χ4n) is 1.76. The molecule has 0 saturated carbocycles. The van der Waals surface area contributed by atoms with Gasteiger partial charge in [0.1, 0.15) is 5.56 Å². The van der Waals surface area contributed by atoms with E-state index in [-0.39, 0.29) is 0 Å². The molecule has 1 saturated heterocycles. The van der Waals surface area contributed by atoms with Crippen LogP contribution in [0.15, 0.2) is 0 Å². The van der Waals surface area contributed by atoms with Crippen molar-refractivity contribution < 1.29 is 9.13 Å². The van der Waals surface area contributed by atoms with Gasteiger partial charge in [-0.25, -0.2) is 4.39 Å². The first-order valence-electron chi connectivity index (χ1n) is 5.30. The van der Waals surface area contributed by atoms with Gasteiger partial charge in [0.15, 0.2) is 0 Å². The summed E-state index contributed by atoms with van der Waals surface area (Å²) in [6, 6.07) is 0. The third-order valence-electron chi connectivity index (χ3n) is 2.64. The summed E-state index contributed by atoms with van der Waals surface area (Å²) in [5, 5.41) is 0. The summed E-state index contributed by atoms with van der Waals surface area (Å²) in [5.41, 5.74) is -0.102. The maximum absolute atomic E-state index is 13.0. The quantitative estimate of drug-likeness (QED) is 0.640. The molecule has 0 aliphatic carbocycles. The van der Waals surface area contributed by atoms with Crippen LogP contribution in [-0.4, -0.2) is 11.9 Å². The van der Waals surface area contributed by atoms with Crippen LogP contribution < -0.4 is 0 Å². The van der Waals surface area contributed by atoms with Gasteiger partial charge in [-0.05, 0) is 30.6 Å². The van der Waals surface area contributed by atoms with Crippen molar-refractivity contribution in [1.29, 1.82) is 0 Å². The second kappa shape index (κ2) is 4.80. The molecular formula is C11H20ClFO. The Hall–Kier alpha value is 0.180. The van der Waals surface area contributed by atoms with Gasteiger partial charge in [0, 0.05) is 6.42 Å². The van der Waals surface area contributed by atoms with Crippen LogP contribution in [0.25, 0.3) is 0 Å². The highest BCUT2D eigenvalue weighted by molar-refractivity contribution is 6.19. The first-order chi connectivity index (χ1) is 6.37. The van der Waals surface area contributed by atoms with Gasteiger partial charge in [-0.1, -0.05) is 32.4 Å². The summed E-state index contributed by atoms with van der Waals surface area (Å²) in [4.78, 5) is 0. The highest BCUT2D eigenvalue weighted by atomic mass is 35.5. The monoisotopic (exact) mass is 222 g/mol. The van der Waals surface area contributed by atoms with E-state index in [1.54, 1.807) is 0 Å². The Bertz CT molecular complexity index is 169. The Balaban J connectivity index is 2.30. The van der Waals surface area contributed by atoms with E-state index in [0.717, 1.165) is 19.3 Å². The zero-order valence-corrected chi connectivity index (χ0v) is 9.98. The van der Waals surface area contributed by atoms with Crippen molar-refractivity contribution in [2.75, 3.05) is 0 Å². The van der Waals surface area contributed by atoms with Crippen molar-refractivity contribution in [1.82, 2.24) is 0 Å². The highest BCUT2D eigenvalue weighted by Crippen LogP contribution is 2.33. The Labute approximate surface area is 91.0 Å². The molecule has 0 spiro atoms. The standard InChI is InChI=1S/C11H20ClFO/c1-11(2,3)5-4-8-6-9(12)14-10(13)7-8/h8-10H,4-7H2,1-3H3. The molecule has 3 atom stereocenters. The predicted molar refractivity (Wildman–Crippen MR) is 57.0 cm³/mol. The number of hydrogen-bond acceptors (Lipinski definition) is 1. The molecule has 0 aromatic rings. The number of ether oxygens (including phenoxy) is 1. The second-order valence-corrected chi connectivity index (χ2v) is 5.88. The molecular weight excluding hydrogens is 203 g/mol. The fraction of sp³-hybridized carbons (Fsp3) is 1.00. The minimum atomic E-state index is -1.16. The van der Waals surface area contributed by atoms with Gasteiger partial charge in [0.05, 0.1) is 0 Å². The Morgan fingerprint density at radius 1 is 1.36 bits per heavy atom. The van der Waals surface area contributed by atoms with Gasteiger partial charge < -0.3 is 4.74 Å². The number of hydrogen-bond donors (Lipinski definition) is 0. The summed E-state index contributed by atoms with van der Waals surface area (Å²) in [6.45, 7) is 6.62. The summed E-state index contributed by atoms with van der Waals surface area (Å²) in [7, 11) is 0. The maximum atomic E-state index is 13.0. The van der Waals surface area contributed by atoms with Crippen LogP contribution in [0.4, 0.5) is 4.39 Å². The first-order valence-corrected chi connectivity index (χ1v) is 5.74. The SMILES string of the molecule is CC(C)(C)CCC1CC(F)OC(Cl)C1. The largest absolute Gasteiger partial charge is 0.329 e. The Morgan fingerprint density at radius 3 is 2.50 bits per heavy atom. The first kappa shape index (κ1) is 12.3. The van der Waals surface area contributed by atoms with E-state index >= 15 is 0 Å². The molecule has 1 nitrogen and oxygen atoms in total. The summed E-state index contributed by atoms with van der Waals surface area (Å²) < 4.78 is 17.8. The minimum Gasteiger partial charge on any atom is -0.329 e. The van der Waals surface area contributed by atoms with Crippen LogP contribution in [0.3, 0.4) is 0 Å². The van der Waals surface area contributed by atoms with Crippen molar-refractivity contribution in [2.24, 2.45) is 11.3 Å².